The summed E-state index contributed by atoms with van der Waals surface area (Å²) in [6.07, 6.45) is 12.7. The minimum Gasteiger partial charge on any atom is -0.393 e. The van der Waals surface area contributed by atoms with Crippen LogP contribution in [-0.4, -0.2) is 29.5 Å². The Labute approximate surface area is 135 Å². The number of aliphatic hydroxyl groups is 1. The highest BCUT2D eigenvalue weighted by molar-refractivity contribution is 5.76. The van der Waals surface area contributed by atoms with Crippen LogP contribution in [0.15, 0.2) is 4.99 Å². The summed E-state index contributed by atoms with van der Waals surface area (Å²) in [6.45, 7) is 2.28. The van der Waals surface area contributed by atoms with E-state index in [1.807, 2.05) is 0 Å². The summed E-state index contributed by atoms with van der Waals surface area (Å²) >= 11 is 0. The highest BCUT2D eigenvalue weighted by atomic mass is 16.3. The molecular formula is C17H35N3O2. The van der Waals surface area contributed by atoms with E-state index in [1.165, 1.54) is 51.9 Å². The summed E-state index contributed by atoms with van der Waals surface area (Å²) < 4.78 is 0. The second-order valence-corrected chi connectivity index (χ2v) is 6.19. The number of carbonyl (C=O) groups is 1. The molecule has 0 saturated carbocycles. The number of ketones is 1. The lowest BCUT2D eigenvalue weighted by molar-refractivity contribution is -0.118. The number of carbonyl (C=O) groups excluding carboxylic acids is 1. The topological polar surface area (TPSA) is 102 Å². The fraction of sp³-hybridized carbons (Fsp3) is 0.882. The molecule has 0 aromatic rings. The first kappa shape index (κ1) is 20.9. The predicted octanol–water partition coefficient (Wildman–Crippen LogP) is 2.89. The molecule has 0 radical (unpaired) electrons. The van der Waals surface area contributed by atoms with Gasteiger partial charge in [-0.2, -0.15) is 0 Å². The molecule has 0 aliphatic heterocycles. The van der Waals surface area contributed by atoms with Crippen molar-refractivity contribution in [3.05, 3.63) is 0 Å². The van der Waals surface area contributed by atoms with Crippen molar-refractivity contribution in [3.8, 4) is 0 Å². The van der Waals surface area contributed by atoms with E-state index in [2.05, 4.69) is 4.99 Å². The number of aliphatic imine (C=N–C) groups is 1. The van der Waals surface area contributed by atoms with Gasteiger partial charge in [0.15, 0.2) is 5.96 Å². The van der Waals surface area contributed by atoms with Crippen LogP contribution in [0.1, 0.15) is 84.0 Å². The first-order valence-electron chi connectivity index (χ1n) is 8.75. The lowest BCUT2D eigenvalue weighted by Crippen LogP contribution is -2.22. The first-order valence-corrected chi connectivity index (χ1v) is 8.75. The highest BCUT2D eigenvalue weighted by Gasteiger charge is 2.06. The standard InChI is InChI=1S/C17H35N3O2/c1-15(21)14-16(22)12-10-8-6-4-2-3-5-7-9-11-13-20-17(18)19/h16,22H,2-14H2,1H3,(H4,18,19,20). The van der Waals surface area contributed by atoms with Crippen LogP contribution in [-0.2, 0) is 4.79 Å². The van der Waals surface area contributed by atoms with Gasteiger partial charge in [-0.05, 0) is 19.8 Å². The van der Waals surface area contributed by atoms with Crippen molar-refractivity contribution < 1.29 is 9.90 Å². The minimum atomic E-state index is -0.434. The number of Topliss-reactive ketones (excluding diaryl/α,β-unsaturated/α-hetero) is 1. The van der Waals surface area contributed by atoms with E-state index >= 15 is 0 Å². The van der Waals surface area contributed by atoms with Gasteiger partial charge < -0.3 is 16.6 Å². The van der Waals surface area contributed by atoms with E-state index in [0.29, 0.717) is 6.42 Å². The van der Waals surface area contributed by atoms with Crippen LogP contribution in [0.5, 0.6) is 0 Å². The lowest BCUT2D eigenvalue weighted by Gasteiger charge is -2.07. The van der Waals surface area contributed by atoms with E-state index in [9.17, 15) is 9.90 Å². The molecule has 0 amide bonds. The zero-order chi connectivity index (χ0) is 16.6. The molecule has 0 aliphatic rings. The molecule has 5 heteroatoms. The molecule has 5 N–H and O–H groups in total. The summed E-state index contributed by atoms with van der Waals surface area (Å²) in [6, 6.07) is 0. The third kappa shape index (κ3) is 17.0. The summed E-state index contributed by atoms with van der Waals surface area (Å²) in [5.74, 6) is 0.264. The van der Waals surface area contributed by atoms with E-state index in [1.54, 1.807) is 0 Å². The molecule has 0 heterocycles. The Morgan fingerprint density at radius 1 is 0.909 bits per heavy atom. The van der Waals surface area contributed by atoms with Crippen LogP contribution in [0, 0.1) is 0 Å². The molecule has 0 rings (SSSR count). The molecule has 5 nitrogen and oxygen atoms in total. The number of guanidine groups is 1. The van der Waals surface area contributed by atoms with Gasteiger partial charge in [0, 0.05) is 13.0 Å². The Morgan fingerprint density at radius 3 is 1.82 bits per heavy atom. The number of rotatable bonds is 15. The SMILES string of the molecule is CC(=O)CC(O)CCCCCCCCCCCCN=C(N)N. The molecule has 22 heavy (non-hydrogen) atoms. The average molecular weight is 313 g/mol. The largest absolute Gasteiger partial charge is 0.393 e. The smallest absolute Gasteiger partial charge is 0.185 e. The van der Waals surface area contributed by atoms with Gasteiger partial charge >= 0.3 is 0 Å². The summed E-state index contributed by atoms with van der Waals surface area (Å²) in [5, 5.41) is 9.57. The second-order valence-electron chi connectivity index (χ2n) is 6.19. The molecule has 0 saturated heterocycles. The predicted molar refractivity (Wildman–Crippen MR) is 92.8 cm³/mol. The van der Waals surface area contributed by atoms with Gasteiger partial charge in [0.2, 0.25) is 0 Å². The maximum atomic E-state index is 10.8. The van der Waals surface area contributed by atoms with Crippen molar-refractivity contribution in [1.82, 2.24) is 0 Å². The van der Waals surface area contributed by atoms with Gasteiger partial charge in [-0.3, -0.25) is 9.79 Å². The van der Waals surface area contributed by atoms with Gasteiger partial charge in [-0.1, -0.05) is 57.8 Å². The van der Waals surface area contributed by atoms with E-state index in [4.69, 9.17) is 11.5 Å². The molecule has 1 atom stereocenters. The summed E-state index contributed by atoms with van der Waals surface area (Å²) in [7, 11) is 0. The molecule has 0 bridgehead atoms. The van der Waals surface area contributed by atoms with Crippen molar-refractivity contribution in [1.29, 1.82) is 0 Å². The Bertz CT molecular complexity index is 302. The number of nitrogens with two attached hydrogens (primary N) is 2. The van der Waals surface area contributed by atoms with Crippen molar-refractivity contribution in [2.75, 3.05) is 6.54 Å². The third-order valence-electron chi connectivity index (χ3n) is 3.76. The zero-order valence-electron chi connectivity index (χ0n) is 14.2. The minimum absolute atomic E-state index is 0.0748. The fourth-order valence-corrected chi connectivity index (χ4v) is 2.55. The van der Waals surface area contributed by atoms with Crippen LogP contribution < -0.4 is 11.5 Å². The quantitative estimate of drug-likeness (QED) is 0.246. The number of unbranched alkanes of at least 4 members (excludes halogenated alkanes) is 9. The highest BCUT2D eigenvalue weighted by Crippen LogP contribution is 2.12. The van der Waals surface area contributed by atoms with E-state index < -0.39 is 6.10 Å². The molecule has 0 aromatic carbocycles. The van der Waals surface area contributed by atoms with Gasteiger partial charge in [-0.25, -0.2) is 0 Å². The molecule has 130 valence electrons. The molecule has 0 aliphatic carbocycles. The third-order valence-corrected chi connectivity index (χ3v) is 3.76. The van der Waals surface area contributed by atoms with Crippen LogP contribution >= 0.6 is 0 Å². The van der Waals surface area contributed by atoms with Gasteiger partial charge in [0.25, 0.3) is 0 Å². The number of hydrogen-bond donors (Lipinski definition) is 3. The maximum absolute atomic E-state index is 10.8. The van der Waals surface area contributed by atoms with Gasteiger partial charge in [0.1, 0.15) is 5.78 Å². The van der Waals surface area contributed by atoms with Crippen LogP contribution in [0.25, 0.3) is 0 Å². The summed E-state index contributed by atoms with van der Waals surface area (Å²) in [5.41, 5.74) is 10.5. The summed E-state index contributed by atoms with van der Waals surface area (Å²) in [4.78, 5) is 14.8. The van der Waals surface area contributed by atoms with E-state index in [-0.39, 0.29) is 11.7 Å². The Kier molecular flexibility index (Phi) is 14.1. The Hall–Kier alpha value is -1.10. The van der Waals surface area contributed by atoms with Gasteiger partial charge in [-0.15, -0.1) is 0 Å². The monoisotopic (exact) mass is 313 g/mol. The molecular weight excluding hydrogens is 278 g/mol. The van der Waals surface area contributed by atoms with Crippen molar-refractivity contribution in [2.45, 2.75) is 90.1 Å². The molecule has 1 unspecified atom stereocenters. The van der Waals surface area contributed by atoms with Crippen molar-refractivity contribution in [3.63, 3.8) is 0 Å². The van der Waals surface area contributed by atoms with Crippen molar-refractivity contribution >= 4 is 11.7 Å². The maximum Gasteiger partial charge on any atom is 0.185 e. The van der Waals surface area contributed by atoms with Gasteiger partial charge in [0.05, 0.1) is 6.10 Å². The molecule has 0 fully saturated rings. The fourth-order valence-electron chi connectivity index (χ4n) is 2.55. The average Bonchev–Trinajstić information content (AvgIpc) is 2.42. The molecule has 0 aromatic heterocycles. The molecule has 0 spiro atoms. The van der Waals surface area contributed by atoms with Crippen LogP contribution in [0.3, 0.4) is 0 Å². The number of aliphatic hydroxyl groups excluding tert-OH is 1. The first-order chi connectivity index (χ1) is 10.5. The van der Waals surface area contributed by atoms with E-state index in [0.717, 1.165) is 32.2 Å². The van der Waals surface area contributed by atoms with Crippen molar-refractivity contribution in [2.24, 2.45) is 16.5 Å². The Morgan fingerprint density at radius 2 is 1.36 bits per heavy atom. The van der Waals surface area contributed by atoms with Crippen LogP contribution in [0.2, 0.25) is 0 Å². The number of nitrogens with zero attached hydrogens (tertiary/aromatic N) is 1. The normalized spacial score (nSPS) is 12.1. The van der Waals surface area contributed by atoms with Crippen LogP contribution in [0.4, 0.5) is 0 Å². The lowest BCUT2D eigenvalue weighted by atomic mass is 10.0. The zero-order valence-corrected chi connectivity index (χ0v) is 14.2. The Balaban J connectivity index is 3.14. The second kappa shape index (κ2) is 14.8. The number of hydrogen-bond acceptors (Lipinski definition) is 3.